The van der Waals surface area contributed by atoms with Gasteiger partial charge in [-0.2, -0.15) is 0 Å². The fourth-order valence-electron chi connectivity index (χ4n) is 2.26. The van der Waals surface area contributed by atoms with E-state index in [1.54, 1.807) is 0 Å². The first-order valence-electron chi connectivity index (χ1n) is 6.25. The van der Waals surface area contributed by atoms with Gasteiger partial charge in [0.2, 0.25) is 5.91 Å². The number of nitrogens with two attached hydrogens (primary N) is 1. The first kappa shape index (κ1) is 11.9. The molecule has 2 unspecified atom stereocenters. The Labute approximate surface area is 96.9 Å². The molecule has 16 heavy (non-hydrogen) atoms. The average Bonchev–Trinajstić information content (AvgIpc) is 2.99. The van der Waals surface area contributed by atoms with Crippen LogP contribution >= 0.6 is 0 Å². The van der Waals surface area contributed by atoms with E-state index >= 15 is 0 Å². The van der Waals surface area contributed by atoms with Crippen LogP contribution in [0.15, 0.2) is 0 Å². The van der Waals surface area contributed by atoms with E-state index in [2.05, 4.69) is 5.32 Å². The average molecular weight is 226 g/mol. The van der Waals surface area contributed by atoms with Gasteiger partial charge in [0.05, 0.1) is 5.54 Å². The summed E-state index contributed by atoms with van der Waals surface area (Å²) in [6.07, 6.45) is 4.32. The predicted octanol–water partition coefficient (Wildman–Crippen LogP) is 0.657. The molecular formula is C12H22N2O2. The Bertz CT molecular complexity index is 256. The summed E-state index contributed by atoms with van der Waals surface area (Å²) in [5.74, 6) is 1.02. The van der Waals surface area contributed by atoms with Crippen molar-refractivity contribution in [1.82, 2.24) is 5.32 Å². The van der Waals surface area contributed by atoms with Crippen molar-refractivity contribution in [1.29, 1.82) is 0 Å². The molecule has 2 atom stereocenters. The van der Waals surface area contributed by atoms with E-state index in [1.807, 2.05) is 6.92 Å². The molecule has 4 heteroatoms. The number of carbonyl (C=O) groups excluding carboxylic acids is 1. The number of hydrogen-bond acceptors (Lipinski definition) is 3. The maximum Gasteiger partial charge on any atom is 0.240 e. The van der Waals surface area contributed by atoms with Crippen molar-refractivity contribution in [3.63, 3.8) is 0 Å². The lowest BCUT2D eigenvalue weighted by Crippen LogP contribution is -2.53. The summed E-state index contributed by atoms with van der Waals surface area (Å²) in [4.78, 5) is 11.9. The van der Waals surface area contributed by atoms with Gasteiger partial charge >= 0.3 is 0 Å². The summed E-state index contributed by atoms with van der Waals surface area (Å²) in [7, 11) is 0. The van der Waals surface area contributed by atoms with Gasteiger partial charge in [0.15, 0.2) is 0 Å². The minimum Gasteiger partial charge on any atom is -0.381 e. The second kappa shape index (κ2) is 4.72. The number of rotatable bonds is 5. The second-order valence-electron chi connectivity index (χ2n) is 5.33. The van der Waals surface area contributed by atoms with Crippen molar-refractivity contribution in [2.75, 3.05) is 19.8 Å². The number of ether oxygens (including phenoxy) is 1. The van der Waals surface area contributed by atoms with Crippen molar-refractivity contribution in [3.8, 4) is 0 Å². The van der Waals surface area contributed by atoms with Gasteiger partial charge < -0.3 is 15.8 Å². The van der Waals surface area contributed by atoms with E-state index in [0.717, 1.165) is 45.4 Å². The molecule has 0 spiro atoms. The van der Waals surface area contributed by atoms with Gasteiger partial charge in [-0.3, -0.25) is 4.79 Å². The van der Waals surface area contributed by atoms with Gasteiger partial charge in [-0.15, -0.1) is 0 Å². The standard InChI is InChI=1S/C12H22N2O2/c1-12(13,10-2-3-10)11(15)14-6-4-9-5-7-16-8-9/h9-10H,2-8,13H2,1H3,(H,14,15). The zero-order valence-electron chi connectivity index (χ0n) is 10.00. The molecule has 1 amide bonds. The monoisotopic (exact) mass is 226 g/mol. The minimum atomic E-state index is -0.661. The number of hydrogen-bond donors (Lipinski definition) is 2. The van der Waals surface area contributed by atoms with Crippen LogP contribution in [0.1, 0.15) is 32.6 Å². The summed E-state index contributed by atoms with van der Waals surface area (Å²) in [5.41, 5.74) is 5.36. The van der Waals surface area contributed by atoms with Crippen LogP contribution in [-0.2, 0) is 9.53 Å². The van der Waals surface area contributed by atoms with Crippen LogP contribution in [-0.4, -0.2) is 31.2 Å². The van der Waals surface area contributed by atoms with Crippen molar-refractivity contribution >= 4 is 5.91 Å². The quantitative estimate of drug-likeness (QED) is 0.723. The lowest BCUT2D eigenvalue weighted by molar-refractivity contribution is -0.126. The lowest BCUT2D eigenvalue weighted by atomic mass is 9.96. The third kappa shape index (κ3) is 2.74. The van der Waals surface area contributed by atoms with Gasteiger partial charge in [-0.05, 0) is 44.4 Å². The molecular weight excluding hydrogens is 204 g/mol. The fraction of sp³-hybridized carbons (Fsp3) is 0.917. The van der Waals surface area contributed by atoms with E-state index < -0.39 is 5.54 Å². The number of amides is 1. The van der Waals surface area contributed by atoms with Crippen LogP contribution in [0.25, 0.3) is 0 Å². The van der Waals surface area contributed by atoms with E-state index in [1.165, 1.54) is 0 Å². The molecule has 0 bridgehead atoms. The van der Waals surface area contributed by atoms with Crippen LogP contribution in [0.3, 0.4) is 0 Å². The van der Waals surface area contributed by atoms with Gasteiger partial charge in [-0.25, -0.2) is 0 Å². The Hall–Kier alpha value is -0.610. The molecule has 2 fully saturated rings. The zero-order chi connectivity index (χ0) is 11.6. The summed E-state index contributed by atoms with van der Waals surface area (Å²) in [6, 6.07) is 0. The highest BCUT2D eigenvalue weighted by Gasteiger charge is 2.43. The Kier molecular flexibility index (Phi) is 3.50. The summed E-state index contributed by atoms with van der Waals surface area (Å²) in [5, 5.41) is 2.95. The van der Waals surface area contributed by atoms with Crippen LogP contribution in [0.4, 0.5) is 0 Å². The molecule has 92 valence electrons. The summed E-state index contributed by atoms with van der Waals surface area (Å²) >= 11 is 0. The topological polar surface area (TPSA) is 64.4 Å². The largest absolute Gasteiger partial charge is 0.381 e. The first-order valence-corrected chi connectivity index (χ1v) is 6.25. The van der Waals surface area contributed by atoms with Crippen LogP contribution in [0.2, 0.25) is 0 Å². The normalized spacial score (nSPS) is 28.8. The Morgan fingerprint density at radius 3 is 2.81 bits per heavy atom. The molecule has 0 aromatic carbocycles. The molecule has 0 radical (unpaired) electrons. The molecule has 2 aliphatic rings. The van der Waals surface area contributed by atoms with E-state index in [-0.39, 0.29) is 5.91 Å². The highest BCUT2D eigenvalue weighted by Crippen LogP contribution is 2.38. The molecule has 1 saturated heterocycles. The third-order valence-corrected chi connectivity index (χ3v) is 3.78. The molecule has 1 aliphatic heterocycles. The van der Waals surface area contributed by atoms with Crippen LogP contribution < -0.4 is 11.1 Å². The van der Waals surface area contributed by atoms with E-state index in [0.29, 0.717) is 11.8 Å². The van der Waals surface area contributed by atoms with Gasteiger partial charge in [-0.1, -0.05) is 0 Å². The molecule has 0 aromatic heterocycles. The molecule has 1 saturated carbocycles. The van der Waals surface area contributed by atoms with Gasteiger partial charge in [0, 0.05) is 19.8 Å². The van der Waals surface area contributed by atoms with Crippen molar-refractivity contribution in [3.05, 3.63) is 0 Å². The maximum absolute atomic E-state index is 11.9. The minimum absolute atomic E-state index is 0.00825. The maximum atomic E-state index is 11.9. The molecule has 1 aliphatic carbocycles. The summed E-state index contributed by atoms with van der Waals surface area (Å²) < 4.78 is 5.29. The second-order valence-corrected chi connectivity index (χ2v) is 5.33. The molecule has 2 rings (SSSR count). The zero-order valence-corrected chi connectivity index (χ0v) is 10.00. The lowest BCUT2D eigenvalue weighted by Gasteiger charge is -2.23. The Morgan fingerprint density at radius 2 is 2.25 bits per heavy atom. The number of carbonyl (C=O) groups is 1. The van der Waals surface area contributed by atoms with E-state index in [9.17, 15) is 4.79 Å². The van der Waals surface area contributed by atoms with Gasteiger partial charge in [0.25, 0.3) is 0 Å². The fourth-order valence-corrected chi connectivity index (χ4v) is 2.26. The first-order chi connectivity index (χ1) is 7.60. The predicted molar refractivity (Wildman–Crippen MR) is 61.9 cm³/mol. The van der Waals surface area contributed by atoms with Crippen molar-refractivity contribution < 1.29 is 9.53 Å². The van der Waals surface area contributed by atoms with Crippen LogP contribution in [0.5, 0.6) is 0 Å². The highest BCUT2D eigenvalue weighted by atomic mass is 16.5. The van der Waals surface area contributed by atoms with Gasteiger partial charge in [0.1, 0.15) is 0 Å². The molecule has 0 aromatic rings. The Morgan fingerprint density at radius 1 is 1.50 bits per heavy atom. The van der Waals surface area contributed by atoms with Crippen molar-refractivity contribution in [2.45, 2.75) is 38.1 Å². The highest BCUT2D eigenvalue weighted by molar-refractivity contribution is 5.86. The van der Waals surface area contributed by atoms with Crippen molar-refractivity contribution in [2.24, 2.45) is 17.6 Å². The molecule has 3 N–H and O–H groups in total. The smallest absolute Gasteiger partial charge is 0.240 e. The Balaban J connectivity index is 1.66. The number of nitrogens with one attached hydrogen (secondary N) is 1. The third-order valence-electron chi connectivity index (χ3n) is 3.78. The van der Waals surface area contributed by atoms with Crippen LogP contribution in [0, 0.1) is 11.8 Å². The summed E-state index contributed by atoms with van der Waals surface area (Å²) in [6.45, 7) is 4.29. The van der Waals surface area contributed by atoms with E-state index in [4.69, 9.17) is 10.5 Å². The SMILES string of the molecule is CC(N)(C(=O)NCCC1CCOC1)C1CC1. The molecule has 4 nitrogen and oxygen atoms in total. The molecule has 1 heterocycles.